The van der Waals surface area contributed by atoms with Gasteiger partial charge in [0.25, 0.3) is 0 Å². The fourth-order valence-electron chi connectivity index (χ4n) is 3.12. The van der Waals surface area contributed by atoms with Gasteiger partial charge in [0.05, 0.1) is 22.7 Å². The maximum absolute atomic E-state index is 4.40. The number of rotatable bonds is 6. The van der Waals surface area contributed by atoms with E-state index in [1.54, 1.807) is 0 Å². The highest BCUT2D eigenvalue weighted by molar-refractivity contribution is 5.54. The van der Waals surface area contributed by atoms with Crippen molar-refractivity contribution >= 4 is 22.7 Å². The Bertz CT molecular complexity index is 1030. The van der Waals surface area contributed by atoms with Gasteiger partial charge in [-0.05, 0) is 86.2 Å². The summed E-state index contributed by atoms with van der Waals surface area (Å²) in [7, 11) is 0. The first-order valence-corrected chi connectivity index (χ1v) is 10.0. The van der Waals surface area contributed by atoms with Crippen molar-refractivity contribution < 1.29 is 0 Å². The van der Waals surface area contributed by atoms with Gasteiger partial charge in [0.1, 0.15) is 0 Å². The van der Waals surface area contributed by atoms with Gasteiger partial charge in [0, 0.05) is 0 Å². The number of hydrogen-bond acceptors (Lipinski definition) is 4. The topological polar surface area (TPSA) is 49.4 Å². The Morgan fingerprint density at radius 2 is 1.17 bits per heavy atom. The molecule has 0 aliphatic heterocycles. The van der Waals surface area contributed by atoms with Crippen LogP contribution in [0.4, 0.5) is 22.7 Å². The normalized spacial score (nSPS) is 11.8. The van der Waals surface area contributed by atoms with Crippen LogP contribution >= 0.6 is 0 Å². The lowest BCUT2D eigenvalue weighted by Gasteiger charge is -2.04. The molecule has 0 amide bonds. The van der Waals surface area contributed by atoms with E-state index in [9.17, 15) is 0 Å². The van der Waals surface area contributed by atoms with E-state index in [4.69, 9.17) is 0 Å². The van der Waals surface area contributed by atoms with Gasteiger partial charge in [-0.25, -0.2) is 0 Å². The molecule has 4 heteroatoms. The van der Waals surface area contributed by atoms with Crippen molar-refractivity contribution in [3.8, 4) is 0 Å². The summed E-state index contributed by atoms with van der Waals surface area (Å²) in [5, 5.41) is 17.5. The van der Waals surface area contributed by atoms with Crippen LogP contribution in [0.25, 0.3) is 0 Å². The van der Waals surface area contributed by atoms with Gasteiger partial charge in [-0.15, -0.1) is 0 Å². The van der Waals surface area contributed by atoms with E-state index >= 15 is 0 Å². The van der Waals surface area contributed by atoms with Crippen LogP contribution in [-0.2, 0) is 6.42 Å². The van der Waals surface area contributed by atoms with Gasteiger partial charge in [-0.1, -0.05) is 43.7 Å². The van der Waals surface area contributed by atoms with E-state index < -0.39 is 0 Å². The summed E-state index contributed by atoms with van der Waals surface area (Å²) in [4.78, 5) is 0. The molecule has 0 aliphatic carbocycles. The van der Waals surface area contributed by atoms with Gasteiger partial charge >= 0.3 is 0 Å². The molecule has 4 nitrogen and oxygen atoms in total. The van der Waals surface area contributed by atoms with Crippen molar-refractivity contribution in [3.63, 3.8) is 0 Å². The molecule has 0 bridgehead atoms. The molecule has 0 spiro atoms. The first-order valence-electron chi connectivity index (χ1n) is 10.0. The molecule has 0 aliphatic rings. The molecule has 0 fully saturated rings. The molecule has 0 N–H and O–H groups in total. The molecule has 3 aromatic carbocycles. The second-order valence-electron chi connectivity index (χ2n) is 7.93. The average molecular weight is 385 g/mol. The minimum atomic E-state index is 0.649. The minimum Gasteiger partial charge on any atom is -0.151 e. The molecular weight excluding hydrogens is 356 g/mol. The van der Waals surface area contributed by atoms with Gasteiger partial charge in [-0.3, -0.25) is 0 Å². The maximum Gasteiger partial charge on any atom is 0.0887 e. The van der Waals surface area contributed by atoms with Crippen LogP contribution in [0.15, 0.2) is 81.1 Å². The van der Waals surface area contributed by atoms with E-state index in [1.165, 1.54) is 11.1 Å². The first kappa shape index (κ1) is 20.6. The smallest absolute Gasteiger partial charge is 0.0887 e. The zero-order chi connectivity index (χ0) is 20.8. The summed E-state index contributed by atoms with van der Waals surface area (Å²) in [5.41, 5.74) is 8.07. The first-order chi connectivity index (χ1) is 13.9. The molecule has 0 saturated carbocycles. The van der Waals surface area contributed by atoms with Crippen molar-refractivity contribution in [2.75, 3.05) is 0 Å². The predicted molar refractivity (Wildman–Crippen MR) is 120 cm³/mol. The third-order valence-electron chi connectivity index (χ3n) is 4.66. The lowest BCUT2D eigenvalue weighted by molar-refractivity contribution is 0.647. The number of azo groups is 2. The molecule has 0 heterocycles. The maximum atomic E-state index is 4.40. The molecule has 0 saturated heterocycles. The molecule has 3 aromatic rings. The van der Waals surface area contributed by atoms with E-state index in [1.807, 2.05) is 56.3 Å². The lowest BCUT2D eigenvalue weighted by atomic mass is 10.0. The zero-order valence-electron chi connectivity index (χ0n) is 17.8. The Hall–Kier alpha value is -3.14. The average Bonchev–Trinajstić information content (AvgIpc) is 2.67. The highest BCUT2D eigenvalue weighted by Gasteiger charge is 2.01. The molecular formula is C25H28N4. The molecule has 0 unspecified atom stereocenters. The summed E-state index contributed by atoms with van der Waals surface area (Å²) in [6.07, 6.45) is 1.08. The number of benzene rings is 3. The molecule has 29 heavy (non-hydrogen) atoms. The Morgan fingerprint density at radius 3 is 1.76 bits per heavy atom. The third kappa shape index (κ3) is 5.92. The minimum absolute atomic E-state index is 0.649. The molecule has 0 aromatic heterocycles. The van der Waals surface area contributed by atoms with E-state index in [0.717, 1.165) is 40.3 Å². The van der Waals surface area contributed by atoms with Gasteiger partial charge in [-0.2, -0.15) is 20.5 Å². The van der Waals surface area contributed by atoms with Crippen LogP contribution in [0, 0.1) is 26.7 Å². The van der Waals surface area contributed by atoms with Gasteiger partial charge in [0.15, 0.2) is 0 Å². The fraction of sp³-hybridized carbons (Fsp3) is 0.280. The Morgan fingerprint density at radius 1 is 0.621 bits per heavy atom. The van der Waals surface area contributed by atoms with Crippen molar-refractivity contribution in [1.29, 1.82) is 0 Å². The standard InChI is InChI=1S/C25H28N4/c1-17(2)14-21-7-9-22(10-8-21)26-28-25-13-11-23(16-20(25)5)27-29-24-12-6-18(3)15-19(24)4/h6-13,15-17H,14H2,1-5H3. The van der Waals surface area contributed by atoms with Crippen molar-refractivity contribution in [1.82, 2.24) is 0 Å². The molecule has 148 valence electrons. The highest BCUT2D eigenvalue weighted by atomic mass is 15.1. The summed E-state index contributed by atoms with van der Waals surface area (Å²) >= 11 is 0. The van der Waals surface area contributed by atoms with Gasteiger partial charge < -0.3 is 0 Å². The number of hydrogen-bond donors (Lipinski definition) is 0. The Balaban J connectivity index is 1.70. The lowest BCUT2D eigenvalue weighted by Crippen LogP contribution is -1.92. The summed E-state index contributed by atoms with van der Waals surface area (Å²) in [6, 6.07) is 20.3. The molecule has 0 atom stereocenters. The van der Waals surface area contributed by atoms with E-state index in [2.05, 4.69) is 59.4 Å². The Kier molecular flexibility index (Phi) is 6.65. The number of aryl methyl sites for hydroxylation is 3. The van der Waals surface area contributed by atoms with Crippen LogP contribution in [0.1, 0.15) is 36.1 Å². The monoisotopic (exact) mass is 384 g/mol. The second-order valence-corrected chi connectivity index (χ2v) is 7.93. The van der Waals surface area contributed by atoms with Crippen LogP contribution in [-0.4, -0.2) is 0 Å². The Labute approximate surface area is 173 Å². The third-order valence-corrected chi connectivity index (χ3v) is 4.66. The van der Waals surface area contributed by atoms with Crippen LogP contribution in [0.3, 0.4) is 0 Å². The van der Waals surface area contributed by atoms with Gasteiger partial charge in [0.2, 0.25) is 0 Å². The van der Waals surface area contributed by atoms with Crippen LogP contribution in [0.5, 0.6) is 0 Å². The second kappa shape index (κ2) is 9.37. The van der Waals surface area contributed by atoms with Crippen molar-refractivity contribution in [3.05, 3.63) is 82.9 Å². The highest BCUT2D eigenvalue weighted by Crippen LogP contribution is 2.28. The molecule has 0 radical (unpaired) electrons. The number of nitrogens with zero attached hydrogens (tertiary/aromatic N) is 4. The summed E-state index contributed by atoms with van der Waals surface area (Å²) in [5.74, 6) is 0.649. The SMILES string of the molecule is Cc1ccc(N=Nc2ccc(N=Nc3ccc(CC(C)C)cc3)c(C)c2)c(C)c1. The van der Waals surface area contributed by atoms with Crippen molar-refractivity contribution in [2.24, 2.45) is 26.4 Å². The fourth-order valence-corrected chi connectivity index (χ4v) is 3.12. The van der Waals surface area contributed by atoms with Crippen LogP contribution < -0.4 is 0 Å². The van der Waals surface area contributed by atoms with E-state index in [-0.39, 0.29) is 0 Å². The quantitative estimate of drug-likeness (QED) is 0.382. The van der Waals surface area contributed by atoms with E-state index in [0.29, 0.717) is 5.92 Å². The summed E-state index contributed by atoms with van der Waals surface area (Å²) < 4.78 is 0. The largest absolute Gasteiger partial charge is 0.151 e. The predicted octanol–water partition coefficient (Wildman–Crippen LogP) is 8.64. The van der Waals surface area contributed by atoms with Crippen molar-refractivity contribution in [2.45, 2.75) is 41.0 Å². The van der Waals surface area contributed by atoms with Crippen LogP contribution in [0.2, 0.25) is 0 Å². The zero-order valence-corrected chi connectivity index (χ0v) is 17.8. The summed E-state index contributed by atoms with van der Waals surface area (Å²) in [6.45, 7) is 10.6. The molecule has 3 rings (SSSR count).